The molecule has 1 aliphatic heterocycles. The SMILES string of the molecule is Cc1ccc(C=C2C(=O)Nc3ccc(Br)c(C)c32)o1. The zero-order valence-corrected chi connectivity index (χ0v) is 12.2. The Balaban J connectivity index is 2.17. The number of carbonyl (C=O) groups excluding carboxylic acids is 1. The van der Waals surface area contributed by atoms with E-state index in [1.807, 2.05) is 38.1 Å². The van der Waals surface area contributed by atoms with Gasteiger partial charge in [-0.1, -0.05) is 15.9 Å². The van der Waals surface area contributed by atoms with Crippen molar-refractivity contribution >= 4 is 39.2 Å². The molecule has 19 heavy (non-hydrogen) atoms. The quantitative estimate of drug-likeness (QED) is 0.803. The monoisotopic (exact) mass is 317 g/mol. The average molecular weight is 318 g/mol. The molecular weight excluding hydrogens is 306 g/mol. The van der Waals surface area contributed by atoms with E-state index < -0.39 is 0 Å². The van der Waals surface area contributed by atoms with Crippen LogP contribution in [0.1, 0.15) is 22.6 Å². The lowest BCUT2D eigenvalue weighted by Gasteiger charge is -2.05. The summed E-state index contributed by atoms with van der Waals surface area (Å²) in [5.74, 6) is 1.43. The van der Waals surface area contributed by atoms with Crippen LogP contribution in [0.5, 0.6) is 0 Å². The van der Waals surface area contributed by atoms with E-state index in [4.69, 9.17) is 4.42 Å². The summed E-state index contributed by atoms with van der Waals surface area (Å²) >= 11 is 3.50. The molecule has 4 heteroatoms. The summed E-state index contributed by atoms with van der Waals surface area (Å²) in [4.78, 5) is 12.1. The molecule has 0 saturated carbocycles. The number of benzene rings is 1. The molecule has 96 valence electrons. The van der Waals surface area contributed by atoms with Crippen LogP contribution in [0, 0.1) is 13.8 Å². The maximum Gasteiger partial charge on any atom is 0.256 e. The van der Waals surface area contributed by atoms with E-state index in [0.717, 1.165) is 27.0 Å². The summed E-state index contributed by atoms with van der Waals surface area (Å²) in [5, 5.41) is 2.87. The van der Waals surface area contributed by atoms with Gasteiger partial charge < -0.3 is 9.73 Å². The Hall–Kier alpha value is -1.81. The number of hydrogen-bond acceptors (Lipinski definition) is 2. The number of hydrogen-bond donors (Lipinski definition) is 1. The zero-order valence-electron chi connectivity index (χ0n) is 10.6. The molecular formula is C15H12BrNO2. The molecule has 0 saturated heterocycles. The van der Waals surface area contributed by atoms with Crippen LogP contribution in [0.2, 0.25) is 0 Å². The van der Waals surface area contributed by atoms with Gasteiger partial charge in [0.1, 0.15) is 11.5 Å². The molecule has 1 N–H and O–H groups in total. The third-order valence-corrected chi connectivity index (χ3v) is 4.07. The summed E-state index contributed by atoms with van der Waals surface area (Å²) in [6, 6.07) is 7.59. The number of carbonyl (C=O) groups is 1. The number of nitrogens with one attached hydrogen (secondary N) is 1. The maximum atomic E-state index is 12.1. The second-order valence-corrected chi connectivity index (χ2v) is 5.41. The van der Waals surface area contributed by atoms with Crippen LogP contribution in [0.3, 0.4) is 0 Å². The fourth-order valence-electron chi connectivity index (χ4n) is 2.25. The van der Waals surface area contributed by atoms with Crippen molar-refractivity contribution in [2.45, 2.75) is 13.8 Å². The molecule has 1 aromatic heterocycles. The van der Waals surface area contributed by atoms with E-state index >= 15 is 0 Å². The van der Waals surface area contributed by atoms with E-state index in [1.54, 1.807) is 6.08 Å². The van der Waals surface area contributed by atoms with Gasteiger partial charge in [-0.05, 0) is 49.8 Å². The van der Waals surface area contributed by atoms with Crippen molar-refractivity contribution in [3.63, 3.8) is 0 Å². The maximum absolute atomic E-state index is 12.1. The molecule has 1 amide bonds. The van der Waals surface area contributed by atoms with Gasteiger partial charge in [0.25, 0.3) is 5.91 Å². The Morgan fingerprint density at radius 1 is 1.21 bits per heavy atom. The Morgan fingerprint density at radius 3 is 2.68 bits per heavy atom. The third kappa shape index (κ3) is 2.02. The molecule has 0 aliphatic carbocycles. The number of rotatable bonds is 1. The number of anilines is 1. The van der Waals surface area contributed by atoms with Gasteiger partial charge in [0.2, 0.25) is 0 Å². The third-order valence-electron chi connectivity index (χ3n) is 3.21. The smallest absolute Gasteiger partial charge is 0.256 e. The second kappa shape index (κ2) is 4.38. The Bertz CT molecular complexity index is 713. The highest BCUT2D eigenvalue weighted by Gasteiger charge is 2.26. The number of furan rings is 1. The minimum absolute atomic E-state index is 0.0924. The first-order valence-corrected chi connectivity index (χ1v) is 6.74. The van der Waals surface area contributed by atoms with Crippen molar-refractivity contribution in [3.05, 3.63) is 51.4 Å². The molecule has 0 spiro atoms. The molecule has 0 radical (unpaired) electrons. The molecule has 0 atom stereocenters. The minimum Gasteiger partial charge on any atom is -0.462 e. The summed E-state index contributed by atoms with van der Waals surface area (Å²) in [6.07, 6.45) is 1.79. The van der Waals surface area contributed by atoms with Crippen molar-refractivity contribution in [1.82, 2.24) is 0 Å². The predicted octanol–water partition coefficient (Wildman–Crippen LogP) is 4.15. The molecule has 2 aromatic rings. The van der Waals surface area contributed by atoms with Crippen LogP contribution in [0.4, 0.5) is 5.69 Å². The van der Waals surface area contributed by atoms with Crippen LogP contribution >= 0.6 is 15.9 Å². The normalized spacial score (nSPS) is 15.7. The van der Waals surface area contributed by atoms with Crippen molar-refractivity contribution in [2.75, 3.05) is 5.32 Å². The first kappa shape index (κ1) is 12.2. The van der Waals surface area contributed by atoms with Crippen molar-refractivity contribution < 1.29 is 9.21 Å². The van der Waals surface area contributed by atoms with Crippen molar-refractivity contribution in [2.24, 2.45) is 0 Å². The number of halogens is 1. The minimum atomic E-state index is -0.0924. The Kier molecular flexibility index (Phi) is 2.82. The standard InChI is InChI=1S/C15H12BrNO2/c1-8-3-4-10(19-8)7-11-14-9(2)12(16)5-6-13(14)17-15(11)18/h3-7H,1-2H3,(H,17,18). The van der Waals surface area contributed by atoms with Gasteiger partial charge in [0.05, 0.1) is 5.57 Å². The molecule has 0 bridgehead atoms. The van der Waals surface area contributed by atoms with Crippen LogP contribution in [-0.4, -0.2) is 5.91 Å². The lowest BCUT2D eigenvalue weighted by atomic mass is 10.0. The number of aryl methyl sites for hydroxylation is 1. The van der Waals surface area contributed by atoms with Gasteiger partial charge >= 0.3 is 0 Å². The molecule has 1 aliphatic rings. The van der Waals surface area contributed by atoms with Crippen LogP contribution < -0.4 is 5.32 Å². The Morgan fingerprint density at radius 2 is 2.00 bits per heavy atom. The van der Waals surface area contributed by atoms with Crippen molar-refractivity contribution in [3.8, 4) is 0 Å². The van der Waals surface area contributed by atoms with Gasteiger partial charge in [-0.25, -0.2) is 0 Å². The van der Waals surface area contributed by atoms with Crippen LogP contribution in [0.25, 0.3) is 11.6 Å². The lowest BCUT2D eigenvalue weighted by molar-refractivity contribution is -0.110. The largest absolute Gasteiger partial charge is 0.462 e. The molecule has 0 unspecified atom stereocenters. The summed E-state index contributed by atoms with van der Waals surface area (Å²) in [6.45, 7) is 3.87. The van der Waals surface area contributed by atoms with Gasteiger partial charge in [-0.3, -0.25) is 4.79 Å². The van der Waals surface area contributed by atoms with E-state index in [0.29, 0.717) is 11.3 Å². The fourth-order valence-corrected chi connectivity index (χ4v) is 2.58. The van der Waals surface area contributed by atoms with E-state index in [-0.39, 0.29) is 5.91 Å². The zero-order chi connectivity index (χ0) is 13.6. The lowest BCUT2D eigenvalue weighted by Crippen LogP contribution is -2.03. The molecule has 0 fully saturated rings. The first-order chi connectivity index (χ1) is 9.06. The number of fused-ring (bicyclic) bond motifs is 1. The van der Waals surface area contributed by atoms with Gasteiger partial charge in [-0.15, -0.1) is 0 Å². The van der Waals surface area contributed by atoms with Gasteiger partial charge in [0, 0.05) is 15.7 Å². The summed E-state index contributed by atoms with van der Waals surface area (Å²) in [7, 11) is 0. The fraction of sp³-hybridized carbons (Fsp3) is 0.133. The molecule has 1 aromatic carbocycles. The van der Waals surface area contributed by atoms with E-state index in [9.17, 15) is 4.79 Å². The topological polar surface area (TPSA) is 42.2 Å². The number of amides is 1. The summed E-state index contributed by atoms with van der Waals surface area (Å²) < 4.78 is 6.50. The van der Waals surface area contributed by atoms with E-state index in [1.165, 1.54) is 0 Å². The molecule has 3 nitrogen and oxygen atoms in total. The molecule has 3 rings (SSSR count). The van der Waals surface area contributed by atoms with Gasteiger partial charge in [-0.2, -0.15) is 0 Å². The predicted molar refractivity (Wildman–Crippen MR) is 78.8 cm³/mol. The average Bonchev–Trinajstić information content (AvgIpc) is 2.90. The first-order valence-electron chi connectivity index (χ1n) is 5.95. The van der Waals surface area contributed by atoms with Crippen molar-refractivity contribution in [1.29, 1.82) is 0 Å². The summed E-state index contributed by atoms with van der Waals surface area (Å²) in [5.41, 5.74) is 3.47. The van der Waals surface area contributed by atoms with E-state index in [2.05, 4.69) is 21.2 Å². The highest BCUT2D eigenvalue weighted by atomic mass is 79.9. The Labute approximate surface area is 119 Å². The van der Waals surface area contributed by atoms with Crippen LogP contribution in [-0.2, 0) is 4.79 Å². The van der Waals surface area contributed by atoms with Crippen LogP contribution in [0.15, 0.2) is 33.2 Å². The highest BCUT2D eigenvalue weighted by Crippen LogP contribution is 2.38. The highest BCUT2D eigenvalue weighted by molar-refractivity contribution is 9.10. The molecule has 2 heterocycles. The second-order valence-electron chi connectivity index (χ2n) is 4.56. The van der Waals surface area contributed by atoms with Gasteiger partial charge in [0.15, 0.2) is 0 Å².